The summed E-state index contributed by atoms with van der Waals surface area (Å²) < 4.78 is 19.8. The summed E-state index contributed by atoms with van der Waals surface area (Å²) in [5.41, 5.74) is 6.34. The van der Waals surface area contributed by atoms with Crippen LogP contribution in [0.15, 0.2) is 24.3 Å². The van der Waals surface area contributed by atoms with Gasteiger partial charge in [0, 0.05) is 31.2 Å². The molecule has 1 aromatic carbocycles. The minimum atomic E-state index is -0.319. The molecule has 0 saturated carbocycles. The van der Waals surface area contributed by atoms with Crippen molar-refractivity contribution in [3.8, 4) is 0 Å². The van der Waals surface area contributed by atoms with Crippen LogP contribution in [-0.2, 0) is 4.74 Å². The Morgan fingerprint density at radius 1 is 1.20 bits per heavy atom. The molecule has 1 unspecified atom stereocenters. The maximum Gasteiger partial charge on any atom is 0.128 e. The number of halogens is 1. The van der Waals surface area contributed by atoms with Gasteiger partial charge in [0.1, 0.15) is 5.82 Å². The normalized spacial score (nSPS) is 23.5. The highest BCUT2D eigenvalue weighted by Gasteiger charge is 2.38. The topological polar surface area (TPSA) is 38.5 Å². The van der Waals surface area contributed by atoms with Crippen molar-refractivity contribution in [2.75, 3.05) is 19.6 Å². The van der Waals surface area contributed by atoms with Gasteiger partial charge < -0.3 is 10.5 Å². The average Bonchev–Trinajstić information content (AvgIpc) is 2.24. The van der Waals surface area contributed by atoms with E-state index in [9.17, 15) is 4.39 Å². The molecule has 1 aliphatic rings. The molecule has 2 N–H and O–H groups in total. The van der Waals surface area contributed by atoms with Crippen LogP contribution in [0.2, 0.25) is 0 Å². The maximum atomic E-state index is 13.8. The fraction of sp³-hybridized carbons (Fsp3) is 0.625. The highest BCUT2D eigenvalue weighted by molar-refractivity contribution is 5.21. The van der Waals surface area contributed by atoms with Crippen LogP contribution in [0.1, 0.15) is 39.3 Å². The average molecular weight is 280 g/mol. The second-order valence-electron chi connectivity index (χ2n) is 6.92. The molecule has 3 nitrogen and oxygen atoms in total. The van der Waals surface area contributed by atoms with E-state index in [0.29, 0.717) is 12.1 Å². The monoisotopic (exact) mass is 280 g/mol. The quantitative estimate of drug-likeness (QED) is 0.925. The van der Waals surface area contributed by atoms with Gasteiger partial charge in [0.2, 0.25) is 0 Å². The van der Waals surface area contributed by atoms with Gasteiger partial charge in [-0.25, -0.2) is 4.39 Å². The van der Waals surface area contributed by atoms with Gasteiger partial charge in [0.25, 0.3) is 0 Å². The van der Waals surface area contributed by atoms with E-state index in [1.165, 1.54) is 6.07 Å². The maximum absolute atomic E-state index is 13.8. The Hall–Kier alpha value is -0.970. The molecule has 0 aromatic heterocycles. The summed E-state index contributed by atoms with van der Waals surface area (Å²) in [4.78, 5) is 2.26. The zero-order valence-electron chi connectivity index (χ0n) is 12.8. The number of morpholine rings is 1. The molecular weight excluding hydrogens is 255 g/mol. The lowest BCUT2D eigenvalue weighted by molar-refractivity contribution is -0.181. The van der Waals surface area contributed by atoms with E-state index in [-0.39, 0.29) is 23.1 Å². The van der Waals surface area contributed by atoms with Crippen LogP contribution >= 0.6 is 0 Å². The molecule has 20 heavy (non-hydrogen) atoms. The van der Waals surface area contributed by atoms with Crippen LogP contribution in [0, 0.1) is 5.82 Å². The second kappa shape index (κ2) is 5.43. The molecule has 0 spiro atoms. The molecule has 0 aliphatic carbocycles. The van der Waals surface area contributed by atoms with Crippen LogP contribution in [0.5, 0.6) is 0 Å². The van der Waals surface area contributed by atoms with E-state index < -0.39 is 0 Å². The number of hydrogen-bond acceptors (Lipinski definition) is 3. The van der Waals surface area contributed by atoms with Crippen molar-refractivity contribution in [3.05, 3.63) is 35.6 Å². The molecule has 0 bridgehead atoms. The molecule has 4 heteroatoms. The molecule has 1 aromatic rings. The lowest BCUT2D eigenvalue weighted by atomic mass is 9.97. The molecular formula is C16H25FN2O. The Morgan fingerprint density at radius 2 is 1.75 bits per heavy atom. The highest BCUT2D eigenvalue weighted by Crippen LogP contribution is 2.29. The second-order valence-corrected chi connectivity index (χ2v) is 6.92. The molecule has 1 atom stereocenters. The van der Waals surface area contributed by atoms with Gasteiger partial charge in [0.15, 0.2) is 0 Å². The third-order valence-corrected chi connectivity index (χ3v) is 3.52. The fourth-order valence-electron chi connectivity index (χ4n) is 3.23. The molecule has 2 rings (SSSR count). The minimum absolute atomic E-state index is 0.212. The summed E-state index contributed by atoms with van der Waals surface area (Å²) in [6.07, 6.45) is 0. The summed E-state index contributed by atoms with van der Waals surface area (Å²) in [6, 6.07) is 6.41. The number of nitrogens with zero attached hydrogens (tertiary/aromatic N) is 1. The van der Waals surface area contributed by atoms with Gasteiger partial charge in [-0.2, -0.15) is 0 Å². The third kappa shape index (κ3) is 3.78. The van der Waals surface area contributed by atoms with Crippen molar-refractivity contribution in [2.45, 2.75) is 44.9 Å². The zero-order chi connectivity index (χ0) is 15.0. The summed E-state index contributed by atoms with van der Waals surface area (Å²) in [5.74, 6) is -0.230. The fourth-order valence-corrected chi connectivity index (χ4v) is 3.23. The number of ether oxygens (including phenoxy) is 1. The summed E-state index contributed by atoms with van der Waals surface area (Å²) in [5, 5.41) is 0. The number of hydrogen-bond donors (Lipinski definition) is 1. The van der Waals surface area contributed by atoms with Gasteiger partial charge >= 0.3 is 0 Å². The van der Waals surface area contributed by atoms with E-state index in [1.807, 2.05) is 6.07 Å². The predicted octanol–water partition coefficient (Wildman–Crippen LogP) is 2.71. The third-order valence-electron chi connectivity index (χ3n) is 3.52. The van der Waals surface area contributed by atoms with Gasteiger partial charge in [-0.3, -0.25) is 4.90 Å². The Kier molecular flexibility index (Phi) is 4.19. The smallest absolute Gasteiger partial charge is 0.128 e. The Bertz CT molecular complexity index is 457. The zero-order valence-corrected chi connectivity index (χ0v) is 12.8. The van der Waals surface area contributed by atoms with Crippen molar-refractivity contribution in [1.82, 2.24) is 4.90 Å². The number of benzene rings is 1. The molecule has 112 valence electrons. The van der Waals surface area contributed by atoms with Crippen molar-refractivity contribution >= 4 is 0 Å². The van der Waals surface area contributed by atoms with Crippen LogP contribution in [-0.4, -0.2) is 35.7 Å². The van der Waals surface area contributed by atoms with E-state index in [1.54, 1.807) is 12.1 Å². The predicted molar refractivity (Wildman–Crippen MR) is 79.0 cm³/mol. The first kappa shape index (κ1) is 15.4. The first-order valence-electron chi connectivity index (χ1n) is 7.11. The molecule has 1 heterocycles. The van der Waals surface area contributed by atoms with Crippen molar-refractivity contribution in [2.24, 2.45) is 5.73 Å². The van der Waals surface area contributed by atoms with Gasteiger partial charge in [-0.1, -0.05) is 18.2 Å². The Balaban J connectivity index is 2.08. The largest absolute Gasteiger partial charge is 0.367 e. The first-order chi connectivity index (χ1) is 9.19. The minimum Gasteiger partial charge on any atom is -0.367 e. The van der Waals surface area contributed by atoms with E-state index in [4.69, 9.17) is 10.5 Å². The lowest BCUT2D eigenvalue weighted by Crippen LogP contribution is -2.58. The van der Waals surface area contributed by atoms with Crippen molar-refractivity contribution < 1.29 is 9.13 Å². The van der Waals surface area contributed by atoms with E-state index in [2.05, 4.69) is 32.6 Å². The van der Waals surface area contributed by atoms with Crippen LogP contribution in [0.25, 0.3) is 0 Å². The van der Waals surface area contributed by atoms with Gasteiger partial charge in [-0.15, -0.1) is 0 Å². The standard InChI is InChI=1S/C16H25FN2O/c1-15(2)10-19(11-16(3,4)20-15)9-14(18)12-7-5-6-8-13(12)17/h5-8,14H,9-11,18H2,1-4H3. The van der Waals surface area contributed by atoms with E-state index in [0.717, 1.165) is 13.1 Å². The van der Waals surface area contributed by atoms with Crippen molar-refractivity contribution in [3.63, 3.8) is 0 Å². The molecule has 1 aliphatic heterocycles. The number of nitrogens with two attached hydrogens (primary N) is 1. The molecule has 1 fully saturated rings. The van der Waals surface area contributed by atoms with Crippen LogP contribution in [0.4, 0.5) is 4.39 Å². The first-order valence-corrected chi connectivity index (χ1v) is 7.11. The Morgan fingerprint density at radius 3 is 2.30 bits per heavy atom. The highest BCUT2D eigenvalue weighted by atomic mass is 19.1. The van der Waals surface area contributed by atoms with Crippen LogP contribution in [0.3, 0.4) is 0 Å². The Labute approximate surface area is 120 Å². The van der Waals surface area contributed by atoms with Gasteiger partial charge in [-0.05, 0) is 33.8 Å². The van der Waals surface area contributed by atoms with Crippen molar-refractivity contribution in [1.29, 1.82) is 0 Å². The number of rotatable bonds is 3. The van der Waals surface area contributed by atoms with Crippen LogP contribution < -0.4 is 5.73 Å². The lowest BCUT2D eigenvalue weighted by Gasteiger charge is -2.47. The summed E-state index contributed by atoms with van der Waals surface area (Å²) in [6.45, 7) is 10.6. The molecule has 1 saturated heterocycles. The summed E-state index contributed by atoms with van der Waals surface area (Å²) >= 11 is 0. The van der Waals surface area contributed by atoms with Gasteiger partial charge in [0.05, 0.1) is 11.2 Å². The molecule has 0 radical (unpaired) electrons. The molecule has 0 amide bonds. The SMILES string of the molecule is CC1(C)CN(CC(N)c2ccccc2F)CC(C)(C)O1. The van der Waals surface area contributed by atoms with E-state index >= 15 is 0 Å². The summed E-state index contributed by atoms with van der Waals surface area (Å²) in [7, 11) is 0.